The van der Waals surface area contributed by atoms with Gasteiger partial charge in [0.1, 0.15) is 11.6 Å². The van der Waals surface area contributed by atoms with Crippen LogP contribution >= 0.6 is 0 Å². The van der Waals surface area contributed by atoms with Gasteiger partial charge in [-0.05, 0) is 23.8 Å². The third-order valence-corrected chi connectivity index (χ3v) is 4.79. The van der Waals surface area contributed by atoms with E-state index in [4.69, 9.17) is 19.9 Å². The molecule has 2 N–H and O–H groups in total. The third kappa shape index (κ3) is 3.25. The van der Waals surface area contributed by atoms with E-state index in [1.807, 2.05) is 24.3 Å². The summed E-state index contributed by atoms with van der Waals surface area (Å²) in [7, 11) is 1.31. The number of aromatic nitrogens is 1. The smallest absolute Gasteiger partial charge is 0.317 e. The van der Waals surface area contributed by atoms with Gasteiger partial charge >= 0.3 is 5.97 Å². The quantitative estimate of drug-likeness (QED) is 0.525. The molecule has 0 saturated heterocycles. The van der Waals surface area contributed by atoms with E-state index in [0.717, 1.165) is 0 Å². The number of nitrogens with zero attached hydrogens (tertiary/aromatic N) is 1. The summed E-state index contributed by atoms with van der Waals surface area (Å²) in [6, 6.07) is 19.7. The van der Waals surface area contributed by atoms with E-state index in [1.54, 1.807) is 42.5 Å². The summed E-state index contributed by atoms with van der Waals surface area (Å²) in [6.07, 6.45) is 1.51. The number of amides is 1. The third-order valence-electron chi connectivity index (χ3n) is 4.79. The van der Waals surface area contributed by atoms with Crippen molar-refractivity contribution in [2.75, 3.05) is 7.11 Å². The van der Waals surface area contributed by atoms with Gasteiger partial charge < -0.3 is 14.9 Å². The van der Waals surface area contributed by atoms with Gasteiger partial charge in [0.15, 0.2) is 5.76 Å². The first-order valence-electron chi connectivity index (χ1n) is 9.01. The van der Waals surface area contributed by atoms with Gasteiger partial charge in [-0.2, -0.15) is 0 Å². The second-order valence-electron chi connectivity index (χ2n) is 6.47. The van der Waals surface area contributed by atoms with Crippen molar-refractivity contribution in [3.05, 3.63) is 89.7 Å². The topological polar surface area (TPSA) is 95.4 Å². The van der Waals surface area contributed by atoms with Crippen molar-refractivity contribution in [1.82, 2.24) is 4.98 Å². The Balaban J connectivity index is 2.15. The lowest BCUT2D eigenvalue weighted by atomic mass is 9.84. The highest BCUT2D eigenvalue weighted by molar-refractivity contribution is 6.09. The van der Waals surface area contributed by atoms with Gasteiger partial charge in [-0.3, -0.25) is 9.59 Å². The fraction of sp³-hybridized carbons (Fsp3) is 0.0870. The number of benzene rings is 2. The Morgan fingerprint density at radius 1 is 1.00 bits per heavy atom. The summed E-state index contributed by atoms with van der Waals surface area (Å²) in [5, 5.41) is 0.565. The largest absolute Gasteiger partial charge is 0.468 e. The highest BCUT2D eigenvalue weighted by Gasteiger charge is 2.33. The molecule has 4 rings (SSSR count). The molecule has 6 heteroatoms. The number of pyridine rings is 1. The van der Waals surface area contributed by atoms with Crippen LogP contribution in [0.2, 0.25) is 0 Å². The van der Waals surface area contributed by atoms with Crippen LogP contribution in [-0.4, -0.2) is 24.0 Å². The van der Waals surface area contributed by atoms with E-state index >= 15 is 0 Å². The molecule has 0 aliphatic rings. The lowest BCUT2D eigenvalue weighted by molar-refractivity contribution is -0.141. The summed E-state index contributed by atoms with van der Waals surface area (Å²) in [4.78, 5) is 30.2. The number of fused-ring (bicyclic) bond motifs is 1. The zero-order valence-electron chi connectivity index (χ0n) is 15.7. The summed E-state index contributed by atoms with van der Waals surface area (Å²) in [5.74, 6) is -1.65. The molecule has 0 aliphatic heterocycles. The SMILES string of the molecule is COC(=O)C(c1ccccc1)c1c(-c2ccco2)nc2ccccc2c1C(N)=O. The number of nitrogens with two attached hydrogens (primary N) is 1. The molecular weight excluding hydrogens is 368 g/mol. The molecule has 0 aliphatic carbocycles. The number of carbonyl (C=O) groups is 2. The molecule has 0 bridgehead atoms. The Hall–Kier alpha value is -3.93. The van der Waals surface area contributed by atoms with Crippen LogP contribution in [0.4, 0.5) is 0 Å². The van der Waals surface area contributed by atoms with E-state index in [9.17, 15) is 9.59 Å². The van der Waals surface area contributed by atoms with Crippen molar-refractivity contribution < 1.29 is 18.7 Å². The van der Waals surface area contributed by atoms with Crippen LogP contribution in [-0.2, 0) is 9.53 Å². The Morgan fingerprint density at radius 3 is 2.38 bits per heavy atom. The average Bonchev–Trinajstić information content (AvgIpc) is 3.28. The molecule has 4 aromatic rings. The van der Waals surface area contributed by atoms with Gasteiger partial charge in [0.25, 0.3) is 0 Å². The monoisotopic (exact) mass is 386 g/mol. The minimum atomic E-state index is -0.902. The Labute approximate surface area is 166 Å². The molecule has 0 radical (unpaired) electrons. The minimum absolute atomic E-state index is 0.223. The van der Waals surface area contributed by atoms with Crippen molar-refractivity contribution in [3.63, 3.8) is 0 Å². The Kier molecular flexibility index (Phi) is 4.83. The van der Waals surface area contributed by atoms with Crippen LogP contribution in [0.15, 0.2) is 77.4 Å². The lowest BCUT2D eigenvalue weighted by Gasteiger charge is -2.21. The number of primary amides is 1. The predicted molar refractivity (Wildman–Crippen MR) is 108 cm³/mol. The normalized spacial score (nSPS) is 11.9. The number of methoxy groups -OCH3 is 1. The predicted octanol–water partition coefficient (Wildman–Crippen LogP) is 3.90. The average molecular weight is 386 g/mol. The van der Waals surface area contributed by atoms with Gasteiger partial charge in [0.2, 0.25) is 5.91 Å². The van der Waals surface area contributed by atoms with Crippen molar-refractivity contribution in [2.24, 2.45) is 5.73 Å². The first-order valence-corrected chi connectivity index (χ1v) is 9.01. The van der Waals surface area contributed by atoms with Crippen LogP contribution in [0, 0.1) is 0 Å². The van der Waals surface area contributed by atoms with Gasteiger partial charge in [-0.15, -0.1) is 0 Å². The molecule has 2 aromatic heterocycles. The second-order valence-corrected chi connectivity index (χ2v) is 6.47. The highest BCUT2D eigenvalue weighted by Crippen LogP contribution is 2.38. The molecule has 2 aromatic carbocycles. The van der Waals surface area contributed by atoms with Crippen LogP contribution in [0.5, 0.6) is 0 Å². The molecular formula is C23H18N2O4. The number of esters is 1. The van der Waals surface area contributed by atoms with E-state index in [1.165, 1.54) is 13.4 Å². The van der Waals surface area contributed by atoms with Crippen LogP contribution in [0.1, 0.15) is 27.4 Å². The van der Waals surface area contributed by atoms with Gasteiger partial charge in [-0.1, -0.05) is 48.5 Å². The van der Waals surface area contributed by atoms with E-state index in [0.29, 0.717) is 33.5 Å². The lowest BCUT2D eigenvalue weighted by Crippen LogP contribution is -2.23. The zero-order chi connectivity index (χ0) is 20.4. The van der Waals surface area contributed by atoms with Crippen LogP contribution < -0.4 is 5.73 Å². The van der Waals surface area contributed by atoms with Crippen molar-refractivity contribution >= 4 is 22.8 Å². The first kappa shape index (κ1) is 18.4. The maximum Gasteiger partial charge on any atom is 0.317 e. The number of rotatable bonds is 5. The van der Waals surface area contributed by atoms with E-state index in [2.05, 4.69) is 0 Å². The molecule has 1 atom stereocenters. The molecule has 2 heterocycles. The molecule has 1 amide bonds. The molecule has 1 unspecified atom stereocenters. The maximum absolute atomic E-state index is 12.9. The van der Waals surface area contributed by atoms with Gasteiger partial charge in [0.05, 0.1) is 24.5 Å². The number of furan rings is 1. The number of hydrogen-bond acceptors (Lipinski definition) is 5. The van der Waals surface area contributed by atoms with Crippen molar-refractivity contribution in [2.45, 2.75) is 5.92 Å². The van der Waals surface area contributed by atoms with Crippen LogP contribution in [0.3, 0.4) is 0 Å². The van der Waals surface area contributed by atoms with Crippen LogP contribution in [0.25, 0.3) is 22.4 Å². The van der Waals surface area contributed by atoms with Gasteiger partial charge in [-0.25, -0.2) is 4.98 Å². The second kappa shape index (κ2) is 7.59. The number of carbonyl (C=O) groups excluding carboxylic acids is 2. The molecule has 0 saturated carbocycles. The number of para-hydroxylation sites is 1. The molecule has 29 heavy (non-hydrogen) atoms. The van der Waals surface area contributed by atoms with E-state index in [-0.39, 0.29) is 5.56 Å². The zero-order valence-corrected chi connectivity index (χ0v) is 15.7. The summed E-state index contributed by atoms with van der Waals surface area (Å²) >= 11 is 0. The van der Waals surface area contributed by atoms with Gasteiger partial charge in [0, 0.05) is 10.9 Å². The fourth-order valence-corrected chi connectivity index (χ4v) is 3.56. The standard InChI is InChI=1S/C23H18N2O4/c1-28-23(27)18(14-8-3-2-4-9-14)20-19(22(24)26)15-10-5-6-11-16(15)25-21(20)17-12-7-13-29-17/h2-13,18H,1H3,(H2,24,26). The highest BCUT2D eigenvalue weighted by atomic mass is 16.5. The van der Waals surface area contributed by atoms with Crippen molar-refractivity contribution in [1.29, 1.82) is 0 Å². The first-order chi connectivity index (χ1) is 14.1. The molecule has 144 valence electrons. The summed E-state index contributed by atoms with van der Waals surface area (Å²) in [6.45, 7) is 0. The minimum Gasteiger partial charge on any atom is -0.468 e. The maximum atomic E-state index is 12.9. The molecule has 0 fully saturated rings. The molecule has 6 nitrogen and oxygen atoms in total. The summed E-state index contributed by atoms with van der Waals surface area (Å²) in [5.41, 5.74) is 8.01. The Bertz CT molecular complexity index is 1180. The summed E-state index contributed by atoms with van der Waals surface area (Å²) < 4.78 is 10.7. The number of ether oxygens (including phenoxy) is 1. The fourth-order valence-electron chi connectivity index (χ4n) is 3.56. The Morgan fingerprint density at radius 2 is 1.72 bits per heavy atom. The molecule has 0 spiro atoms. The van der Waals surface area contributed by atoms with Crippen molar-refractivity contribution in [3.8, 4) is 11.5 Å². The number of hydrogen-bond donors (Lipinski definition) is 1. The van der Waals surface area contributed by atoms with E-state index < -0.39 is 17.8 Å².